The summed E-state index contributed by atoms with van der Waals surface area (Å²) in [6.07, 6.45) is 27.8. The van der Waals surface area contributed by atoms with E-state index in [1.807, 2.05) is 14.2 Å². The van der Waals surface area contributed by atoms with Crippen LogP contribution in [-0.2, 0) is 9.47 Å². The Bertz CT molecular complexity index is 1240. The summed E-state index contributed by atoms with van der Waals surface area (Å²) >= 11 is 0. The lowest BCUT2D eigenvalue weighted by Crippen LogP contribution is -2.37. The van der Waals surface area contributed by atoms with Crippen molar-refractivity contribution in [3.8, 4) is 0 Å². The molecule has 394 valence electrons. The molecule has 0 aromatic heterocycles. The van der Waals surface area contributed by atoms with Crippen LogP contribution < -0.4 is 0 Å². The van der Waals surface area contributed by atoms with Crippen molar-refractivity contribution in [1.29, 1.82) is 0 Å². The van der Waals surface area contributed by atoms with Crippen LogP contribution in [0.3, 0.4) is 0 Å². The van der Waals surface area contributed by atoms with E-state index < -0.39 is 0 Å². The number of methoxy groups -OCH3 is 2. The molecule has 0 radical (unpaired) electrons. The Morgan fingerprint density at radius 2 is 1.17 bits per heavy atom. The second kappa shape index (κ2) is 29.4. The van der Waals surface area contributed by atoms with E-state index in [1.54, 1.807) is 0 Å². The molecule has 0 amide bonds. The Kier molecular flexibility index (Phi) is 27.7. The molecule has 66 heavy (non-hydrogen) atoms. The fourth-order valence-corrected chi connectivity index (χ4v) is 15.3. The highest BCUT2D eigenvalue weighted by molar-refractivity contribution is 4.94. The standard InChI is InChI=1S/C64H126O2/c1-23-26-29-54(39-50(11)57(36-44(4)5)41-61(66-22)56-34-33-46(7)47(8)37-56)49(10)38-53(25-3)48(9)40-55(30-28-35-63(17,18)52(13)62(14,15)16)51(12)59-31-27-32-60(59)64(19,20)42-58(43-65-21)45(6)24-2/h44-61H,23-43H2,1-22H3/t45-,46?,47?,48?,49+,50+,51-,52?,53+,54+,55+,56?,57+,58+,59?,60+,61+/m0/s1. The van der Waals surface area contributed by atoms with Crippen molar-refractivity contribution in [1.82, 2.24) is 0 Å². The molecule has 2 rings (SSSR count). The van der Waals surface area contributed by atoms with E-state index in [0.29, 0.717) is 34.2 Å². The zero-order valence-electron chi connectivity index (χ0n) is 49.6. The summed E-state index contributed by atoms with van der Waals surface area (Å²) in [4.78, 5) is 0. The molecule has 0 aromatic rings. The summed E-state index contributed by atoms with van der Waals surface area (Å²) in [7, 11) is 3.96. The number of hydrogen-bond donors (Lipinski definition) is 0. The summed E-state index contributed by atoms with van der Waals surface area (Å²) in [5.74, 6) is 13.2. The van der Waals surface area contributed by atoms with E-state index in [-0.39, 0.29) is 0 Å². The van der Waals surface area contributed by atoms with Crippen molar-refractivity contribution in [3.63, 3.8) is 0 Å². The summed E-state index contributed by atoms with van der Waals surface area (Å²) in [5, 5.41) is 0. The molecular formula is C64H126O2. The van der Waals surface area contributed by atoms with Gasteiger partial charge in [-0.2, -0.15) is 0 Å². The van der Waals surface area contributed by atoms with E-state index >= 15 is 0 Å². The predicted molar refractivity (Wildman–Crippen MR) is 295 cm³/mol. The van der Waals surface area contributed by atoms with E-state index in [2.05, 4.69) is 138 Å². The maximum Gasteiger partial charge on any atom is 0.0602 e. The maximum atomic E-state index is 6.45. The van der Waals surface area contributed by atoms with Gasteiger partial charge < -0.3 is 9.47 Å². The van der Waals surface area contributed by atoms with Gasteiger partial charge in [0.2, 0.25) is 0 Å². The third kappa shape index (κ3) is 19.5. The highest BCUT2D eigenvalue weighted by Crippen LogP contribution is 2.53. The van der Waals surface area contributed by atoms with Crippen molar-refractivity contribution < 1.29 is 9.47 Å². The van der Waals surface area contributed by atoms with Crippen LogP contribution in [0.5, 0.6) is 0 Å². The predicted octanol–water partition coefficient (Wildman–Crippen LogP) is 20.3. The quantitative estimate of drug-likeness (QED) is 0.0653. The Morgan fingerprint density at radius 3 is 1.71 bits per heavy atom. The van der Waals surface area contributed by atoms with Crippen LogP contribution in [0.2, 0.25) is 0 Å². The molecule has 0 N–H and O–H groups in total. The number of hydrogen-bond acceptors (Lipinski definition) is 2. The first kappa shape index (κ1) is 62.0. The molecule has 6 unspecified atom stereocenters. The van der Waals surface area contributed by atoms with Gasteiger partial charge in [-0.1, -0.05) is 196 Å². The average Bonchev–Trinajstić information content (AvgIpc) is 3.76. The van der Waals surface area contributed by atoms with Crippen LogP contribution in [0.1, 0.15) is 267 Å². The van der Waals surface area contributed by atoms with Crippen LogP contribution in [0, 0.1) is 117 Å². The highest BCUT2D eigenvalue weighted by Gasteiger charge is 2.45. The Hall–Kier alpha value is -0.0800. The smallest absolute Gasteiger partial charge is 0.0602 e. The molecule has 2 aliphatic carbocycles. The minimum atomic E-state index is 0.343. The van der Waals surface area contributed by atoms with Gasteiger partial charge in [-0.05, 0) is 187 Å². The van der Waals surface area contributed by atoms with Crippen molar-refractivity contribution in [2.45, 2.75) is 273 Å². The van der Waals surface area contributed by atoms with Gasteiger partial charge >= 0.3 is 0 Å². The van der Waals surface area contributed by atoms with Gasteiger partial charge in [0.05, 0.1) is 6.10 Å². The first-order valence-electron chi connectivity index (χ1n) is 29.8. The maximum absolute atomic E-state index is 6.45. The lowest BCUT2D eigenvalue weighted by molar-refractivity contribution is -0.00677. The van der Waals surface area contributed by atoms with Crippen LogP contribution >= 0.6 is 0 Å². The van der Waals surface area contributed by atoms with Crippen LogP contribution in [0.25, 0.3) is 0 Å². The monoisotopic (exact) mass is 927 g/mol. The van der Waals surface area contributed by atoms with Gasteiger partial charge in [-0.3, -0.25) is 0 Å². The molecule has 2 heteroatoms. The van der Waals surface area contributed by atoms with Gasteiger partial charge in [0.15, 0.2) is 0 Å². The molecule has 2 nitrogen and oxygen atoms in total. The Morgan fingerprint density at radius 1 is 0.576 bits per heavy atom. The molecular weight excluding hydrogens is 801 g/mol. The molecule has 2 aliphatic rings. The van der Waals surface area contributed by atoms with Crippen LogP contribution in [0.15, 0.2) is 0 Å². The fourth-order valence-electron chi connectivity index (χ4n) is 15.3. The van der Waals surface area contributed by atoms with Gasteiger partial charge in [0, 0.05) is 20.8 Å². The number of rotatable bonds is 33. The van der Waals surface area contributed by atoms with E-state index in [4.69, 9.17) is 9.47 Å². The summed E-state index contributed by atoms with van der Waals surface area (Å²) in [5.41, 5.74) is 1.05. The third-order valence-electron chi connectivity index (χ3n) is 21.1. The first-order chi connectivity index (χ1) is 30.8. The summed E-state index contributed by atoms with van der Waals surface area (Å²) < 4.78 is 12.3. The Labute approximate surface area is 418 Å². The first-order valence-corrected chi connectivity index (χ1v) is 29.8. The number of unbranched alkanes of at least 4 members (excludes halogenated alkanes) is 1. The van der Waals surface area contributed by atoms with Crippen LogP contribution in [0.4, 0.5) is 0 Å². The van der Waals surface area contributed by atoms with E-state index in [9.17, 15) is 0 Å². The molecule has 0 aliphatic heterocycles. The van der Waals surface area contributed by atoms with Crippen molar-refractivity contribution >= 4 is 0 Å². The summed E-state index contributed by atoms with van der Waals surface area (Å²) in [6.45, 7) is 51.9. The van der Waals surface area contributed by atoms with Crippen molar-refractivity contribution in [2.24, 2.45) is 117 Å². The molecule has 0 spiro atoms. The molecule has 2 fully saturated rings. The molecule has 0 bridgehead atoms. The second-order valence-corrected chi connectivity index (χ2v) is 28.2. The molecule has 0 saturated heterocycles. The highest BCUT2D eigenvalue weighted by atomic mass is 16.5. The van der Waals surface area contributed by atoms with E-state index in [0.717, 1.165) is 95.4 Å². The lowest BCUT2D eigenvalue weighted by atomic mass is 9.61. The zero-order chi connectivity index (χ0) is 50.2. The van der Waals surface area contributed by atoms with Crippen molar-refractivity contribution in [2.75, 3.05) is 20.8 Å². The molecule has 17 atom stereocenters. The summed E-state index contributed by atoms with van der Waals surface area (Å²) in [6, 6.07) is 0. The molecule has 0 heterocycles. The number of ether oxygens (including phenoxy) is 2. The van der Waals surface area contributed by atoms with Gasteiger partial charge in [-0.25, -0.2) is 0 Å². The molecule has 0 aromatic carbocycles. The fraction of sp³-hybridized carbons (Fsp3) is 1.00. The van der Waals surface area contributed by atoms with Crippen LogP contribution in [-0.4, -0.2) is 26.9 Å². The molecule has 2 saturated carbocycles. The zero-order valence-corrected chi connectivity index (χ0v) is 49.6. The minimum Gasteiger partial charge on any atom is -0.384 e. The lowest BCUT2D eigenvalue weighted by Gasteiger charge is -2.44. The van der Waals surface area contributed by atoms with Gasteiger partial charge in [-0.15, -0.1) is 0 Å². The largest absolute Gasteiger partial charge is 0.384 e. The topological polar surface area (TPSA) is 18.5 Å². The minimum absolute atomic E-state index is 0.343. The van der Waals surface area contributed by atoms with Crippen molar-refractivity contribution in [3.05, 3.63) is 0 Å². The second-order valence-electron chi connectivity index (χ2n) is 28.2. The average molecular weight is 928 g/mol. The third-order valence-corrected chi connectivity index (χ3v) is 21.1. The van der Waals surface area contributed by atoms with E-state index in [1.165, 1.54) is 128 Å². The Balaban J connectivity index is 2.37. The SMILES string of the molecule is CCCC[C@H](C[C@@H](C)[C@H](CC(C)C)C[C@@H](OC)C1CCC(C)C(C)C1)[C@H](C)C[C@@H](CC)C(C)C[C@@H](CCCC(C)(C)C(C)C(C)(C)C)[C@H](C)C1CCC[C@H]1C(C)(C)C[C@H](COC)[C@@H](C)CC. The van der Waals surface area contributed by atoms with Gasteiger partial charge in [0.25, 0.3) is 0 Å². The van der Waals surface area contributed by atoms with Gasteiger partial charge in [0.1, 0.15) is 0 Å². The normalized spacial score (nSPS) is 26.9.